The summed E-state index contributed by atoms with van der Waals surface area (Å²) in [5.74, 6) is 1.66. The average molecular weight is 326 g/mol. The first-order valence-electron chi connectivity index (χ1n) is 7.42. The van der Waals surface area contributed by atoms with Gasteiger partial charge in [-0.1, -0.05) is 54.6 Å². The van der Waals surface area contributed by atoms with Crippen LogP contribution in [-0.2, 0) is 0 Å². The second-order valence-electron chi connectivity index (χ2n) is 5.33. The Balaban J connectivity index is 0.00000192. The average Bonchev–Trinajstić information content (AvgIpc) is 2.57. The molecule has 0 aliphatic heterocycles. The minimum atomic E-state index is -0.00626. The van der Waals surface area contributed by atoms with Crippen molar-refractivity contribution >= 4 is 12.4 Å². The topological polar surface area (TPSA) is 35.2 Å². The Labute approximate surface area is 143 Å². The zero-order chi connectivity index (χ0) is 15.4. The lowest BCUT2D eigenvalue weighted by Crippen LogP contribution is -2.05. The van der Waals surface area contributed by atoms with Gasteiger partial charge in [0.15, 0.2) is 0 Å². The quantitative estimate of drug-likeness (QED) is 0.678. The van der Waals surface area contributed by atoms with Crippen LogP contribution >= 0.6 is 12.4 Å². The standard InChI is InChI=1S/C20H19NO.ClH/c1-15(21)17-12-13-20(22-18-10-6-3-7-11-18)19(14-17)16-8-4-2-5-9-16;/h2-15H,21H2,1H3;1H. The highest BCUT2D eigenvalue weighted by Gasteiger charge is 2.10. The van der Waals surface area contributed by atoms with Gasteiger partial charge in [0.05, 0.1) is 0 Å². The SMILES string of the molecule is CC(N)c1ccc(Oc2ccccc2)c(-c2ccccc2)c1.Cl. The first-order chi connectivity index (χ1) is 10.7. The van der Waals surface area contributed by atoms with E-state index in [-0.39, 0.29) is 18.4 Å². The smallest absolute Gasteiger partial charge is 0.135 e. The molecule has 118 valence electrons. The van der Waals surface area contributed by atoms with Gasteiger partial charge in [-0.25, -0.2) is 0 Å². The molecule has 0 aliphatic rings. The van der Waals surface area contributed by atoms with Crippen LogP contribution in [0.15, 0.2) is 78.9 Å². The van der Waals surface area contributed by atoms with Crippen molar-refractivity contribution in [2.45, 2.75) is 13.0 Å². The maximum atomic E-state index is 6.06. The Morgan fingerprint density at radius 2 is 1.43 bits per heavy atom. The van der Waals surface area contributed by atoms with Crippen LogP contribution in [0.5, 0.6) is 11.5 Å². The Bertz CT molecular complexity index is 742. The summed E-state index contributed by atoms with van der Waals surface area (Å²) in [5.41, 5.74) is 9.30. The monoisotopic (exact) mass is 325 g/mol. The molecule has 0 fully saturated rings. The van der Waals surface area contributed by atoms with Crippen molar-refractivity contribution in [3.63, 3.8) is 0 Å². The Morgan fingerprint density at radius 3 is 2.04 bits per heavy atom. The van der Waals surface area contributed by atoms with E-state index in [9.17, 15) is 0 Å². The van der Waals surface area contributed by atoms with Crippen molar-refractivity contribution in [3.05, 3.63) is 84.4 Å². The van der Waals surface area contributed by atoms with E-state index in [4.69, 9.17) is 10.5 Å². The molecule has 3 aromatic carbocycles. The van der Waals surface area contributed by atoms with E-state index in [2.05, 4.69) is 18.2 Å². The molecule has 0 heterocycles. The Kier molecular flexibility index (Phi) is 5.80. The van der Waals surface area contributed by atoms with Gasteiger partial charge in [-0.15, -0.1) is 12.4 Å². The molecule has 2 N–H and O–H groups in total. The maximum Gasteiger partial charge on any atom is 0.135 e. The van der Waals surface area contributed by atoms with Crippen LogP contribution in [-0.4, -0.2) is 0 Å². The molecule has 2 nitrogen and oxygen atoms in total. The fourth-order valence-electron chi connectivity index (χ4n) is 2.38. The summed E-state index contributed by atoms with van der Waals surface area (Å²) >= 11 is 0. The van der Waals surface area contributed by atoms with E-state index in [1.54, 1.807) is 0 Å². The summed E-state index contributed by atoms with van der Waals surface area (Å²) in [7, 11) is 0. The van der Waals surface area contributed by atoms with Gasteiger partial charge in [0.1, 0.15) is 11.5 Å². The molecule has 0 radical (unpaired) electrons. The van der Waals surface area contributed by atoms with E-state index in [1.807, 2.05) is 67.6 Å². The highest BCUT2D eigenvalue weighted by atomic mass is 35.5. The van der Waals surface area contributed by atoms with Gasteiger partial charge in [-0.05, 0) is 42.3 Å². The summed E-state index contributed by atoms with van der Waals surface area (Å²) in [5, 5.41) is 0. The molecule has 0 spiro atoms. The van der Waals surface area contributed by atoms with Gasteiger partial charge < -0.3 is 10.5 Å². The van der Waals surface area contributed by atoms with Crippen LogP contribution in [0.4, 0.5) is 0 Å². The third kappa shape index (κ3) is 4.13. The number of rotatable bonds is 4. The largest absolute Gasteiger partial charge is 0.457 e. The van der Waals surface area contributed by atoms with Gasteiger partial charge >= 0.3 is 0 Å². The molecule has 1 atom stereocenters. The first kappa shape index (κ1) is 17.1. The predicted molar refractivity (Wildman–Crippen MR) is 98.2 cm³/mol. The predicted octanol–water partition coefficient (Wildman–Crippen LogP) is 5.59. The number of para-hydroxylation sites is 1. The number of nitrogens with two attached hydrogens (primary N) is 1. The van der Waals surface area contributed by atoms with Crippen LogP contribution in [0.2, 0.25) is 0 Å². The number of hydrogen-bond acceptors (Lipinski definition) is 2. The van der Waals surface area contributed by atoms with E-state index in [1.165, 1.54) is 0 Å². The van der Waals surface area contributed by atoms with Crippen molar-refractivity contribution in [1.29, 1.82) is 0 Å². The zero-order valence-electron chi connectivity index (χ0n) is 13.0. The van der Waals surface area contributed by atoms with Gasteiger partial charge in [0.2, 0.25) is 0 Å². The minimum Gasteiger partial charge on any atom is -0.457 e. The van der Waals surface area contributed by atoms with Crippen molar-refractivity contribution in [1.82, 2.24) is 0 Å². The lowest BCUT2D eigenvalue weighted by molar-refractivity contribution is 0.484. The molecule has 3 aromatic rings. The first-order valence-corrected chi connectivity index (χ1v) is 7.42. The van der Waals surface area contributed by atoms with Crippen molar-refractivity contribution in [2.75, 3.05) is 0 Å². The summed E-state index contributed by atoms with van der Waals surface area (Å²) in [6.07, 6.45) is 0. The molecule has 0 amide bonds. The number of hydrogen-bond donors (Lipinski definition) is 1. The molecule has 0 aliphatic carbocycles. The van der Waals surface area contributed by atoms with Crippen molar-refractivity contribution in [3.8, 4) is 22.6 Å². The molecule has 23 heavy (non-hydrogen) atoms. The fraction of sp³-hybridized carbons (Fsp3) is 0.100. The molecule has 0 saturated carbocycles. The molecule has 3 heteroatoms. The third-order valence-corrected chi connectivity index (χ3v) is 3.59. The molecular formula is C20H20ClNO. The lowest BCUT2D eigenvalue weighted by Gasteiger charge is -2.15. The second-order valence-corrected chi connectivity index (χ2v) is 5.33. The summed E-state index contributed by atoms with van der Waals surface area (Å²) in [6, 6.07) is 26.2. The second kappa shape index (κ2) is 7.82. The van der Waals surface area contributed by atoms with Crippen LogP contribution in [0, 0.1) is 0 Å². The summed E-state index contributed by atoms with van der Waals surface area (Å²) < 4.78 is 6.06. The molecule has 3 rings (SSSR count). The van der Waals surface area contributed by atoms with Crippen LogP contribution in [0.3, 0.4) is 0 Å². The normalized spacial score (nSPS) is 11.4. The lowest BCUT2D eigenvalue weighted by atomic mass is 9.99. The number of ether oxygens (including phenoxy) is 1. The molecule has 0 saturated heterocycles. The maximum absolute atomic E-state index is 6.06. The fourth-order valence-corrected chi connectivity index (χ4v) is 2.38. The summed E-state index contributed by atoms with van der Waals surface area (Å²) in [6.45, 7) is 1.99. The van der Waals surface area contributed by atoms with Gasteiger partial charge in [0.25, 0.3) is 0 Å². The Morgan fingerprint density at radius 1 is 0.826 bits per heavy atom. The third-order valence-electron chi connectivity index (χ3n) is 3.59. The number of halogens is 1. The van der Waals surface area contributed by atoms with Crippen LogP contribution in [0.25, 0.3) is 11.1 Å². The van der Waals surface area contributed by atoms with Gasteiger partial charge in [0, 0.05) is 11.6 Å². The minimum absolute atomic E-state index is 0. The van der Waals surface area contributed by atoms with E-state index < -0.39 is 0 Å². The number of benzene rings is 3. The van der Waals surface area contributed by atoms with E-state index >= 15 is 0 Å². The molecule has 0 aromatic heterocycles. The highest BCUT2D eigenvalue weighted by molar-refractivity contribution is 5.85. The molecule has 1 unspecified atom stereocenters. The molecular weight excluding hydrogens is 306 g/mol. The van der Waals surface area contributed by atoms with Crippen molar-refractivity contribution < 1.29 is 4.74 Å². The van der Waals surface area contributed by atoms with E-state index in [0.717, 1.165) is 28.2 Å². The Hall–Kier alpha value is -2.29. The van der Waals surface area contributed by atoms with Gasteiger partial charge in [-0.3, -0.25) is 0 Å². The molecule has 0 bridgehead atoms. The van der Waals surface area contributed by atoms with Gasteiger partial charge in [-0.2, -0.15) is 0 Å². The van der Waals surface area contributed by atoms with Crippen LogP contribution < -0.4 is 10.5 Å². The zero-order valence-corrected chi connectivity index (χ0v) is 13.8. The van der Waals surface area contributed by atoms with E-state index in [0.29, 0.717) is 0 Å². The van der Waals surface area contributed by atoms with Crippen molar-refractivity contribution in [2.24, 2.45) is 5.73 Å². The summed E-state index contributed by atoms with van der Waals surface area (Å²) in [4.78, 5) is 0. The highest BCUT2D eigenvalue weighted by Crippen LogP contribution is 2.35. The van der Waals surface area contributed by atoms with Crippen LogP contribution in [0.1, 0.15) is 18.5 Å².